The van der Waals surface area contributed by atoms with Crippen LogP contribution in [-0.4, -0.2) is 16.9 Å². The summed E-state index contributed by atoms with van der Waals surface area (Å²) in [5.41, 5.74) is 5.72. The van der Waals surface area contributed by atoms with Crippen molar-refractivity contribution >= 4 is 17.3 Å². The molecule has 0 radical (unpaired) electrons. The molecule has 0 unspecified atom stereocenters. The fraction of sp³-hybridized carbons (Fsp3) is 0.333. The Morgan fingerprint density at radius 2 is 1.77 bits per heavy atom. The molecule has 0 spiro atoms. The van der Waals surface area contributed by atoms with Crippen molar-refractivity contribution in [3.05, 3.63) is 52.8 Å². The standard InChI is InChI=1S/C18H21N3O/c1-11-6-12(2)17(13(3)7-11)21-18(22)14-8-16(10-19-9-14)20-15-4-5-15/h6-10,15,20H,4-5H2,1-3H3,(H,21,22). The normalized spacial score (nSPS) is 13.8. The maximum atomic E-state index is 12.5. The number of nitrogens with one attached hydrogen (secondary N) is 2. The third-order valence-electron chi connectivity index (χ3n) is 3.86. The van der Waals surface area contributed by atoms with E-state index in [9.17, 15) is 4.79 Å². The smallest absolute Gasteiger partial charge is 0.257 e. The van der Waals surface area contributed by atoms with Gasteiger partial charge in [-0.15, -0.1) is 0 Å². The van der Waals surface area contributed by atoms with Gasteiger partial charge in [0.05, 0.1) is 11.3 Å². The first-order valence-electron chi connectivity index (χ1n) is 7.64. The Hall–Kier alpha value is -2.36. The Balaban J connectivity index is 1.79. The van der Waals surface area contributed by atoms with E-state index in [0.717, 1.165) is 22.5 Å². The van der Waals surface area contributed by atoms with Gasteiger partial charge in [0, 0.05) is 24.1 Å². The molecular weight excluding hydrogens is 274 g/mol. The molecule has 1 heterocycles. The summed E-state index contributed by atoms with van der Waals surface area (Å²) in [6.07, 6.45) is 5.75. The molecule has 1 aromatic carbocycles. The molecule has 1 amide bonds. The molecule has 3 rings (SSSR count). The highest BCUT2D eigenvalue weighted by molar-refractivity contribution is 6.05. The van der Waals surface area contributed by atoms with Crippen molar-refractivity contribution < 1.29 is 4.79 Å². The lowest BCUT2D eigenvalue weighted by Crippen LogP contribution is -2.15. The van der Waals surface area contributed by atoms with Crippen LogP contribution in [0.25, 0.3) is 0 Å². The lowest BCUT2D eigenvalue weighted by molar-refractivity contribution is 0.102. The molecule has 0 atom stereocenters. The highest BCUT2D eigenvalue weighted by Gasteiger charge is 2.21. The first-order chi connectivity index (χ1) is 10.5. The molecule has 4 nitrogen and oxygen atoms in total. The van der Waals surface area contributed by atoms with Crippen LogP contribution in [0.5, 0.6) is 0 Å². The third-order valence-corrected chi connectivity index (χ3v) is 3.86. The molecule has 1 aliphatic carbocycles. The molecule has 0 saturated heterocycles. The Kier molecular flexibility index (Phi) is 3.84. The van der Waals surface area contributed by atoms with Crippen molar-refractivity contribution in [1.29, 1.82) is 0 Å². The molecule has 22 heavy (non-hydrogen) atoms. The molecule has 1 aromatic heterocycles. The van der Waals surface area contributed by atoms with Gasteiger partial charge in [-0.2, -0.15) is 0 Å². The van der Waals surface area contributed by atoms with Crippen LogP contribution >= 0.6 is 0 Å². The van der Waals surface area contributed by atoms with E-state index in [4.69, 9.17) is 0 Å². The predicted molar refractivity (Wildman–Crippen MR) is 89.5 cm³/mol. The van der Waals surface area contributed by atoms with Crippen molar-refractivity contribution in [3.63, 3.8) is 0 Å². The summed E-state index contributed by atoms with van der Waals surface area (Å²) in [6.45, 7) is 6.08. The van der Waals surface area contributed by atoms with Crippen LogP contribution in [0.1, 0.15) is 39.9 Å². The summed E-state index contributed by atoms with van der Waals surface area (Å²) < 4.78 is 0. The van der Waals surface area contributed by atoms with Gasteiger partial charge in [0.2, 0.25) is 0 Å². The number of carbonyl (C=O) groups is 1. The van der Waals surface area contributed by atoms with Crippen molar-refractivity contribution in [2.24, 2.45) is 0 Å². The van der Waals surface area contributed by atoms with Crippen LogP contribution in [0.3, 0.4) is 0 Å². The maximum Gasteiger partial charge on any atom is 0.257 e. The second-order valence-corrected chi connectivity index (χ2v) is 6.11. The van der Waals surface area contributed by atoms with Crippen LogP contribution in [0.2, 0.25) is 0 Å². The van der Waals surface area contributed by atoms with Crippen molar-refractivity contribution in [2.45, 2.75) is 39.7 Å². The topological polar surface area (TPSA) is 54.0 Å². The van der Waals surface area contributed by atoms with Gasteiger partial charge in [0.25, 0.3) is 5.91 Å². The number of aryl methyl sites for hydroxylation is 3. The molecule has 0 bridgehead atoms. The number of amides is 1. The summed E-state index contributed by atoms with van der Waals surface area (Å²) in [5, 5.41) is 6.37. The van der Waals surface area contributed by atoms with E-state index in [0.29, 0.717) is 11.6 Å². The molecule has 1 saturated carbocycles. The Labute approximate surface area is 131 Å². The molecule has 2 aromatic rings. The van der Waals surface area contributed by atoms with E-state index in [2.05, 4.69) is 34.7 Å². The van der Waals surface area contributed by atoms with Gasteiger partial charge >= 0.3 is 0 Å². The van der Waals surface area contributed by atoms with E-state index in [1.54, 1.807) is 12.4 Å². The number of benzene rings is 1. The van der Waals surface area contributed by atoms with Crippen molar-refractivity contribution in [2.75, 3.05) is 10.6 Å². The van der Waals surface area contributed by atoms with Crippen LogP contribution in [0.4, 0.5) is 11.4 Å². The number of pyridine rings is 1. The highest BCUT2D eigenvalue weighted by atomic mass is 16.1. The van der Waals surface area contributed by atoms with Crippen molar-refractivity contribution in [1.82, 2.24) is 4.98 Å². The predicted octanol–water partition coefficient (Wildman–Crippen LogP) is 3.83. The van der Waals surface area contributed by atoms with E-state index in [-0.39, 0.29) is 5.91 Å². The minimum Gasteiger partial charge on any atom is -0.381 e. The summed E-state index contributed by atoms with van der Waals surface area (Å²) in [6, 6.07) is 6.55. The minimum absolute atomic E-state index is 0.123. The zero-order valence-electron chi connectivity index (χ0n) is 13.2. The molecule has 1 aliphatic rings. The van der Waals surface area contributed by atoms with Gasteiger partial charge in [-0.05, 0) is 50.8 Å². The van der Waals surface area contributed by atoms with E-state index in [1.807, 2.05) is 19.9 Å². The maximum absolute atomic E-state index is 12.5. The number of anilines is 2. The van der Waals surface area contributed by atoms with Gasteiger partial charge in [0.1, 0.15) is 0 Å². The van der Waals surface area contributed by atoms with Crippen LogP contribution in [0.15, 0.2) is 30.6 Å². The average Bonchev–Trinajstić information content (AvgIpc) is 3.27. The number of nitrogens with zero attached hydrogens (tertiary/aromatic N) is 1. The summed E-state index contributed by atoms with van der Waals surface area (Å²) >= 11 is 0. The largest absolute Gasteiger partial charge is 0.381 e. The van der Waals surface area contributed by atoms with Crippen LogP contribution in [0, 0.1) is 20.8 Å². The summed E-state index contributed by atoms with van der Waals surface area (Å²) in [5.74, 6) is -0.123. The zero-order chi connectivity index (χ0) is 15.7. The number of hydrogen-bond donors (Lipinski definition) is 2. The number of hydrogen-bond acceptors (Lipinski definition) is 3. The number of rotatable bonds is 4. The molecule has 0 aliphatic heterocycles. The van der Waals surface area contributed by atoms with E-state index < -0.39 is 0 Å². The van der Waals surface area contributed by atoms with Gasteiger partial charge in [0.15, 0.2) is 0 Å². The Morgan fingerprint density at radius 1 is 1.09 bits per heavy atom. The fourth-order valence-electron chi connectivity index (χ4n) is 2.67. The molecule has 4 heteroatoms. The minimum atomic E-state index is -0.123. The molecule has 114 valence electrons. The Bertz CT molecular complexity index is 697. The number of carbonyl (C=O) groups excluding carboxylic acids is 1. The number of aromatic nitrogens is 1. The first-order valence-corrected chi connectivity index (χ1v) is 7.64. The summed E-state index contributed by atoms with van der Waals surface area (Å²) in [7, 11) is 0. The van der Waals surface area contributed by atoms with Crippen LogP contribution in [-0.2, 0) is 0 Å². The van der Waals surface area contributed by atoms with Crippen LogP contribution < -0.4 is 10.6 Å². The lowest BCUT2D eigenvalue weighted by Gasteiger charge is -2.13. The second kappa shape index (κ2) is 5.79. The van der Waals surface area contributed by atoms with Gasteiger partial charge in [-0.3, -0.25) is 9.78 Å². The second-order valence-electron chi connectivity index (χ2n) is 6.11. The van der Waals surface area contributed by atoms with E-state index >= 15 is 0 Å². The van der Waals surface area contributed by atoms with Gasteiger partial charge in [-0.1, -0.05) is 17.7 Å². The SMILES string of the molecule is Cc1cc(C)c(NC(=O)c2cncc(NC3CC3)c2)c(C)c1. The van der Waals surface area contributed by atoms with Gasteiger partial charge < -0.3 is 10.6 Å². The van der Waals surface area contributed by atoms with E-state index in [1.165, 1.54) is 18.4 Å². The molecule has 1 fully saturated rings. The zero-order valence-corrected chi connectivity index (χ0v) is 13.2. The quantitative estimate of drug-likeness (QED) is 0.901. The fourth-order valence-corrected chi connectivity index (χ4v) is 2.67. The third kappa shape index (κ3) is 3.27. The lowest BCUT2D eigenvalue weighted by atomic mass is 10.0. The van der Waals surface area contributed by atoms with Gasteiger partial charge in [-0.25, -0.2) is 0 Å². The monoisotopic (exact) mass is 295 g/mol. The first kappa shape index (κ1) is 14.6. The molecular formula is C18H21N3O. The molecule has 2 N–H and O–H groups in total. The Morgan fingerprint density at radius 3 is 2.41 bits per heavy atom. The summed E-state index contributed by atoms with van der Waals surface area (Å²) in [4.78, 5) is 16.6. The highest BCUT2D eigenvalue weighted by Crippen LogP contribution is 2.25. The van der Waals surface area contributed by atoms with Crippen molar-refractivity contribution in [3.8, 4) is 0 Å². The average molecular weight is 295 g/mol.